The minimum Gasteiger partial charge on any atom is -0.482 e. The van der Waals surface area contributed by atoms with E-state index in [9.17, 15) is 9.59 Å². The van der Waals surface area contributed by atoms with Crippen molar-refractivity contribution in [3.05, 3.63) is 59.7 Å². The molecule has 138 valence electrons. The van der Waals surface area contributed by atoms with Crippen LogP contribution in [-0.2, 0) is 9.53 Å². The molecule has 0 aliphatic rings. The van der Waals surface area contributed by atoms with E-state index in [1.807, 2.05) is 31.2 Å². The molecule has 26 heavy (non-hydrogen) atoms. The van der Waals surface area contributed by atoms with Gasteiger partial charge in [0.2, 0.25) is 0 Å². The molecule has 0 aromatic heterocycles. The number of benzene rings is 2. The van der Waals surface area contributed by atoms with Gasteiger partial charge in [-0.15, -0.1) is 0 Å². The van der Waals surface area contributed by atoms with Gasteiger partial charge >= 0.3 is 5.97 Å². The number of nitrogens with one attached hydrogen (secondary N) is 1. The highest BCUT2D eigenvalue weighted by molar-refractivity contribution is 6.04. The van der Waals surface area contributed by atoms with E-state index in [0.717, 1.165) is 30.5 Å². The normalized spacial score (nSPS) is 10.2. The highest BCUT2D eigenvalue weighted by Gasteiger charge is 2.08. The fraction of sp³-hybridized carbons (Fsp3) is 0.333. The summed E-state index contributed by atoms with van der Waals surface area (Å²) in [7, 11) is 0. The lowest BCUT2D eigenvalue weighted by atomic mass is 10.2. The highest BCUT2D eigenvalue weighted by Crippen LogP contribution is 2.15. The van der Waals surface area contributed by atoms with Crippen molar-refractivity contribution in [2.75, 3.05) is 18.5 Å². The number of hydrogen-bond acceptors (Lipinski definition) is 4. The summed E-state index contributed by atoms with van der Waals surface area (Å²) in [6.45, 7) is 4.37. The summed E-state index contributed by atoms with van der Waals surface area (Å²) in [5.74, 6) is -0.0691. The monoisotopic (exact) mass is 355 g/mol. The first kappa shape index (κ1) is 19.5. The second kappa shape index (κ2) is 10.2. The van der Waals surface area contributed by atoms with Crippen LogP contribution in [0.5, 0.6) is 5.75 Å². The van der Waals surface area contributed by atoms with Gasteiger partial charge < -0.3 is 14.8 Å². The molecular formula is C21H25NO4. The molecule has 0 aliphatic heterocycles. The van der Waals surface area contributed by atoms with Gasteiger partial charge in [0.25, 0.3) is 5.91 Å². The fourth-order valence-corrected chi connectivity index (χ4v) is 2.26. The van der Waals surface area contributed by atoms with Gasteiger partial charge in [0, 0.05) is 11.3 Å². The minimum absolute atomic E-state index is 0.138. The van der Waals surface area contributed by atoms with E-state index < -0.39 is 0 Å². The Morgan fingerprint density at radius 3 is 2.31 bits per heavy atom. The summed E-state index contributed by atoms with van der Waals surface area (Å²) in [6.07, 6.45) is 2.99. The number of carbonyl (C=O) groups excluding carboxylic acids is 2. The third-order valence-electron chi connectivity index (χ3n) is 3.79. The van der Waals surface area contributed by atoms with Crippen molar-refractivity contribution in [1.82, 2.24) is 0 Å². The first-order chi connectivity index (χ1) is 12.6. The van der Waals surface area contributed by atoms with E-state index in [0.29, 0.717) is 17.9 Å². The molecule has 0 saturated heterocycles. The van der Waals surface area contributed by atoms with E-state index in [2.05, 4.69) is 12.2 Å². The Hall–Kier alpha value is -2.82. The Bertz CT molecular complexity index is 708. The number of aryl methyl sites for hydroxylation is 1. The van der Waals surface area contributed by atoms with Crippen LogP contribution in [0.15, 0.2) is 48.5 Å². The molecule has 0 bridgehead atoms. The van der Waals surface area contributed by atoms with Crippen molar-refractivity contribution >= 4 is 17.6 Å². The van der Waals surface area contributed by atoms with E-state index in [-0.39, 0.29) is 18.5 Å². The second-order valence-corrected chi connectivity index (χ2v) is 6.06. The second-order valence-electron chi connectivity index (χ2n) is 6.06. The lowest BCUT2D eigenvalue weighted by molar-refractivity contribution is -0.146. The zero-order valence-electron chi connectivity index (χ0n) is 15.3. The van der Waals surface area contributed by atoms with Gasteiger partial charge in [-0.2, -0.15) is 0 Å². The molecular weight excluding hydrogens is 330 g/mol. The Morgan fingerprint density at radius 1 is 0.962 bits per heavy atom. The highest BCUT2D eigenvalue weighted by atomic mass is 16.6. The molecule has 0 unspecified atom stereocenters. The Labute approximate surface area is 154 Å². The SMILES string of the molecule is CCCCCOC(=O)COc1ccc(C(=O)Nc2ccc(C)cc2)cc1. The molecule has 2 aromatic rings. The predicted molar refractivity (Wildman–Crippen MR) is 102 cm³/mol. The van der Waals surface area contributed by atoms with Gasteiger partial charge in [-0.3, -0.25) is 4.79 Å². The van der Waals surface area contributed by atoms with Gasteiger partial charge in [-0.05, 0) is 49.7 Å². The van der Waals surface area contributed by atoms with Crippen LogP contribution >= 0.6 is 0 Å². The molecule has 1 amide bonds. The smallest absolute Gasteiger partial charge is 0.344 e. The summed E-state index contributed by atoms with van der Waals surface area (Å²) < 4.78 is 10.5. The number of esters is 1. The zero-order valence-corrected chi connectivity index (χ0v) is 15.3. The van der Waals surface area contributed by atoms with Crippen LogP contribution in [0.25, 0.3) is 0 Å². The van der Waals surface area contributed by atoms with Gasteiger partial charge in [0.15, 0.2) is 6.61 Å². The average Bonchev–Trinajstić information content (AvgIpc) is 2.66. The number of unbranched alkanes of at least 4 members (excludes halogenated alkanes) is 2. The maximum atomic E-state index is 12.2. The molecule has 0 spiro atoms. The van der Waals surface area contributed by atoms with Crippen LogP contribution in [0.4, 0.5) is 5.69 Å². The molecule has 1 N–H and O–H groups in total. The van der Waals surface area contributed by atoms with Crippen LogP contribution in [0.2, 0.25) is 0 Å². The van der Waals surface area contributed by atoms with E-state index >= 15 is 0 Å². The molecule has 0 aliphatic carbocycles. The lowest BCUT2D eigenvalue weighted by Gasteiger charge is -2.08. The van der Waals surface area contributed by atoms with Gasteiger partial charge in [-0.25, -0.2) is 4.79 Å². The number of ether oxygens (including phenoxy) is 2. The van der Waals surface area contributed by atoms with Gasteiger partial charge in [0.05, 0.1) is 6.61 Å². The Balaban J connectivity index is 1.79. The summed E-state index contributed by atoms with van der Waals surface area (Å²) in [6, 6.07) is 14.2. The quantitative estimate of drug-likeness (QED) is 0.536. The number of hydrogen-bond donors (Lipinski definition) is 1. The van der Waals surface area contributed by atoms with Crippen LogP contribution in [0, 0.1) is 6.92 Å². The van der Waals surface area contributed by atoms with Gasteiger partial charge in [-0.1, -0.05) is 37.5 Å². The number of anilines is 1. The maximum Gasteiger partial charge on any atom is 0.344 e. The standard InChI is InChI=1S/C21H25NO4/c1-3-4-5-14-25-20(23)15-26-19-12-8-17(9-13-19)21(24)22-18-10-6-16(2)7-11-18/h6-13H,3-5,14-15H2,1-2H3,(H,22,24). The van der Waals surface area contributed by atoms with Crippen molar-refractivity contribution in [3.8, 4) is 5.75 Å². The Kier molecular flexibility index (Phi) is 7.68. The summed E-state index contributed by atoms with van der Waals surface area (Å²) in [5.41, 5.74) is 2.39. The molecule has 2 aromatic carbocycles. The summed E-state index contributed by atoms with van der Waals surface area (Å²) >= 11 is 0. The Morgan fingerprint density at radius 2 is 1.65 bits per heavy atom. The number of carbonyl (C=O) groups is 2. The molecule has 0 radical (unpaired) electrons. The molecule has 0 atom stereocenters. The largest absolute Gasteiger partial charge is 0.482 e. The van der Waals surface area contributed by atoms with Crippen LogP contribution in [-0.4, -0.2) is 25.1 Å². The van der Waals surface area contributed by atoms with Crippen molar-refractivity contribution in [2.24, 2.45) is 0 Å². The predicted octanol–water partition coefficient (Wildman–Crippen LogP) is 4.36. The first-order valence-corrected chi connectivity index (χ1v) is 8.85. The molecule has 5 heteroatoms. The van der Waals surface area contributed by atoms with E-state index in [1.165, 1.54) is 0 Å². The van der Waals surface area contributed by atoms with Crippen molar-refractivity contribution < 1.29 is 19.1 Å². The molecule has 0 fully saturated rings. The van der Waals surface area contributed by atoms with Crippen molar-refractivity contribution in [2.45, 2.75) is 33.1 Å². The van der Waals surface area contributed by atoms with Crippen LogP contribution in [0.3, 0.4) is 0 Å². The molecule has 0 heterocycles. The van der Waals surface area contributed by atoms with E-state index in [1.54, 1.807) is 24.3 Å². The third kappa shape index (κ3) is 6.59. The third-order valence-corrected chi connectivity index (χ3v) is 3.79. The molecule has 5 nitrogen and oxygen atoms in total. The topological polar surface area (TPSA) is 64.6 Å². The molecule has 2 rings (SSSR count). The minimum atomic E-state index is -0.387. The van der Waals surface area contributed by atoms with Crippen molar-refractivity contribution in [3.63, 3.8) is 0 Å². The van der Waals surface area contributed by atoms with Gasteiger partial charge in [0.1, 0.15) is 5.75 Å². The number of amides is 1. The summed E-state index contributed by atoms with van der Waals surface area (Å²) in [5, 5.41) is 2.83. The average molecular weight is 355 g/mol. The lowest BCUT2D eigenvalue weighted by Crippen LogP contribution is -2.15. The number of rotatable bonds is 9. The summed E-state index contributed by atoms with van der Waals surface area (Å²) in [4.78, 5) is 23.8. The zero-order chi connectivity index (χ0) is 18.8. The molecule has 0 saturated carbocycles. The van der Waals surface area contributed by atoms with E-state index in [4.69, 9.17) is 9.47 Å². The van der Waals surface area contributed by atoms with Crippen LogP contribution in [0.1, 0.15) is 42.1 Å². The fourth-order valence-electron chi connectivity index (χ4n) is 2.26. The van der Waals surface area contributed by atoms with Crippen molar-refractivity contribution in [1.29, 1.82) is 0 Å². The van der Waals surface area contributed by atoms with Crippen LogP contribution < -0.4 is 10.1 Å². The first-order valence-electron chi connectivity index (χ1n) is 8.85. The maximum absolute atomic E-state index is 12.2.